The van der Waals surface area contributed by atoms with Crippen molar-refractivity contribution in [3.05, 3.63) is 39.0 Å². The van der Waals surface area contributed by atoms with Crippen LogP contribution in [0.5, 0.6) is 0 Å². The molecule has 2 aliphatic rings. The Morgan fingerprint density at radius 1 is 1.19 bits per heavy atom. The molecule has 1 aromatic carbocycles. The van der Waals surface area contributed by atoms with Gasteiger partial charge in [0.25, 0.3) is 0 Å². The number of hydrogen-bond donors (Lipinski definition) is 6. The van der Waals surface area contributed by atoms with E-state index >= 15 is 0 Å². The number of aryl methyl sites for hydroxylation is 2. The second-order valence-corrected chi connectivity index (χ2v) is 10.4. The number of aliphatic hydroxyl groups is 4. The number of fused-ring (bicyclic) bond motifs is 2. The summed E-state index contributed by atoms with van der Waals surface area (Å²) in [4.78, 5) is 14.6. The Hall–Kier alpha value is -1.73. The number of anilines is 1. The highest BCUT2D eigenvalue weighted by Gasteiger charge is 2.33. The summed E-state index contributed by atoms with van der Waals surface area (Å²) in [5.74, 6) is 0. The van der Waals surface area contributed by atoms with Crippen molar-refractivity contribution in [2.24, 2.45) is 9.50 Å². The van der Waals surface area contributed by atoms with Crippen LogP contribution in [-0.2, 0) is 53.6 Å². The minimum absolute atomic E-state index is 0.119. The van der Waals surface area contributed by atoms with Crippen molar-refractivity contribution >= 4 is 34.3 Å². The molecule has 11 heteroatoms. The molecule has 1 atom stereocenters. The van der Waals surface area contributed by atoms with E-state index in [1.807, 2.05) is 0 Å². The molecule has 7 N–H and O–H groups in total. The molecule has 1 amide bonds. The minimum atomic E-state index is -1.81. The van der Waals surface area contributed by atoms with Crippen molar-refractivity contribution in [1.29, 1.82) is 0 Å². The molecule has 176 valence electrons. The Bertz CT molecular complexity index is 972. The third-order valence-corrected chi connectivity index (χ3v) is 8.65. The summed E-state index contributed by atoms with van der Waals surface area (Å²) < 4.78 is 4.41. The highest BCUT2D eigenvalue weighted by Crippen LogP contribution is 2.38. The summed E-state index contributed by atoms with van der Waals surface area (Å²) >= 11 is 1.03. The van der Waals surface area contributed by atoms with Crippen molar-refractivity contribution < 1.29 is 25.2 Å². The minimum Gasteiger partial charge on any atom is -0.393 e. The fourth-order valence-corrected chi connectivity index (χ4v) is 6.32. The van der Waals surface area contributed by atoms with E-state index in [-0.39, 0.29) is 11.6 Å². The van der Waals surface area contributed by atoms with Crippen LogP contribution in [0.4, 0.5) is 5.69 Å². The van der Waals surface area contributed by atoms with E-state index < -0.39 is 29.7 Å². The van der Waals surface area contributed by atoms with Crippen LogP contribution >= 0.6 is 11.3 Å². The maximum Gasteiger partial charge on any atom is 0.211 e. The maximum atomic E-state index is 10.7. The van der Waals surface area contributed by atoms with Crippen molar-refractivity contribution in [3.63, 3.8) is 0 Å². The van der Waals surface area contributed by atoms with Gasteiger partial charge < -0.3 is 25.7 Å². The quantitative estimate of drug-likeness (QED) is 0.317. The Labute approximate surface area is 193 Å². The van der Waals surface area contributed by atoms with Crippen LogP contribution in [0.1, 0.15) is 45.8 Å². The van der Waals surface area contributed by atoms with Crippen LogP contribution in [0.25, 0.3) is 0 Å². The van der Waals surface area contributed by atoms with Gasteiger partial charge in [-0.3, -0.25) is 9.93 Å². The number of amides is 1. The van der Waals surface area contributed by atoms with Gasteiger partial charge in [0.15, 0.2) is 5.60 Å². The number of aromatic nitrogens is 1. The first-order valence-electron chi connectivity index (χ1n) is 10.4. The summed E-state index contributed by atoms with van der Waals surface area (Å²) in [5, 5.41) is 45.9. The molecule has 32 heavy (non-hydrogen) atoms. The molecule has 0 bridgehead atoms. The molecule has 0 saturated carbocycles. The fourth-order valence-electron chi connectivity index (χ4n) is 4.12. The summed E-state index contributed by atoms with van der Waals surface area (Å²) in [7, 11) is 0.613. The van der Waals surface area contributed by atoms with Crippen LogP contribution in [0, 0.1) is 0 Å². The molecule has 1 aromatic heterocycles. The van der Waals surface area contributed by atoms with Gasteiger partial charge in [0.05, 0.1) is 25.5 Å². The number of carbonyl (C=O) groups excluding carboxylic acids is 1. The van der Waals surface area contributed by atoms with Crippen LogP contribution < -0.4 is 10.5 Å². The van der Waals surface area contributed by atoms with Crippen molar-refractivity contribution in [2.45, 2.75) is 54.9 Å². The molecular weight excluding hydrogens is 452 g/mol. The van der Waals surface area contributed by atoms with Gasteiger partial charge in [-0.25, -0.2) is 9.35 Å². The molecule has 9 nitrogen and oxygen atoms in total. The number of carbonyl (C=O) groups is 1. The predicted octanol–water partition coefficient (Wildman–Crippen LogP) is 0.704. The van der Waals surface area contributed by atoms with E-state index in [1.54, 1.807) is 0 Å². The molecule has 2 aromatic rings. The first-order valence-corrected chi connectivity index (χ1v) is 12.5. The number of benzene rings is 1. The van der Waals surface area contributed by atoms with Gasteiger partial charge >= 0.3 is 0 Å². The molecule has 2 aliphatic carbocycles. The number of nitrogens with one attached hydrogen (secondary N) is 1. The number of rotatable bonds is 7. The highest BCUT2D eigenvalue weighted by molar-refractivity contribution is 7.87. The third-order valence-electron chi connectivity index (χ3n) is 5.80. The standard InChI is InChI=1S/C13H15NO.C8H15N3O4S2/c15-8-14-13-11-5-1-3-9(11)7-10-4-2-6-12(10)13;1-10-17(9)6-5(2-12)11-7(16-6)8(15,3-13)4-14/h7-8H,1-6H2,(H,14,15);12-15H,2-4H2,1H3,(H2,9,10). The van der Waals surface area contributed by atoms with Crippen LogP contribution in [0.15, 0.2) is 14.6 Å². The average Bonchev–Trinajstić information content (AvgIpc) is 3.57. The molecule has 0 fully saturated rings. The van der Waals surface area contributed by atoms with Gasteiger partial charge in [-0.2, -0.15) is 0 Å². The van der Waals surface area contributed by atoms with E-state index in [4.69, 9.17) is 20.5 Å². The normalized spacial score (nSPS) is 15.7. The first-order chi connectivity index (χ1) is 15.4. The zero-order valence-electron chi connectivity index (χ0n) is 18.0. The van der Waals surface area contributed by atoms with E-state index in [0.29, 0.717) is 9.90 Å². The summed E-state index contributed by atoms with van der Waals surface area (Å²) in [6, 6.07) is 2.38. The third kappa shape index (κ3) is 4.93. The monoisotopic (exact) mass is 482 g/mol. The second kappa shape index (κ2) is 10.9. The van der Waals surface area contributed by atoms with Crippen LogP contribution in [-0.4, -0.2) is 52.1 Å². The van der Waals surface area contributed by atoms with E-state index in [9.17, 15) is 9.90 Å². The SMILES string of the molecule is CN=S(N)c1sc(C(O)(CO)CO)nc1CO.O=CNc1c2c(cc3c1CCC3)CCC2. The van der Waals surface area contributed by atoms with Gasteiger partial charge in [0.2, 0.25) is 6.41 Å². The van der Waals surface area contributed by atoms with Crippen molar-refractivity contribution in [2.75, 3.05) is 25.6 Å². The van der Waals surface area contributed by atoms with Gasteiger partial charge in [-0.1, -0.05) is 6.07 Å². The Morgan fingerprint density at radius 3 is 2.25 bits per heavy atom. The van der Waals surface area contributed by atoms with Crippen LogP contribution in [0.3, 0.4) is 0 Å². The van der Waals surface area contributed by atoms with Crippen molar-refractivity contribution in [1.82, 2.24) is 4.98 Å². The Morgan fingerprint density at radius 2 is 1.78 bits per heavy atom. The fraction of sp³-hybridized carbons (Fsp3) is 0.524. The lowest BCUT2D eigenvalue weighted by Gasteiger charge is -2.19. The van der Waals surface area contributed by atoms with Gasteiger partial charge in [0.1, 0.15) is 9.22 Å². The smallest absolute Gasteiger partial charge is 0.211 e. The molecule has 1 heterocycles. The zero-order valence-corrected chi connectivity index (χ0v) is 19.6. The molecule has 0 radical (unpaired) electrons. The number of thiazole rings is 1. The lowest BCUT2D eigenvalue weighted by molar-refractivity contribution is -0.105. The Balaban J connectivity index is 0.000000181. The largest absolute Gasteiger partial charge is 0.393 e. The summed E-state index contributed by atoms with van der Waals surface area (Å²) in [6.45, 7) is -1.67. The van der Waals surface area contributed by atoms with Gasteiger partial charge in [0, 0.05) is 23.6 Å². The van der Waals surface area contributed by atoms with Gasteiger partial charge in [-0.05, 0) is 60.8 Å². The maximum absolute atomic E-state index is 10.7. The summed E-state index contributed by atoms with van der Waals surface area (Å²) in [6.07, 6.45) is 7.97. The molecule has 1 unspecified atom stereocenters. The topological polar surface area (TPSA) is 161 Å². The molecule has 0 aliphatic heterocycles. The summed E-state index contributed by atoms with van der Waals surface area (Å²) in [5.41, 5.74) is 5.39. The lowest BCUT2D eigenvalue weighted by atomic mass is 9.99. The van der Waals surface area contributed by atoms with E-state index in [1.165, 1.54) is 55.0 Å². The second-order valence-electron chi connectivity index (χ2n) is 7.75. The Kier molecular flexibility index (Phi) is 8.50. The first kappa shape index (κ1) is 24.9. The number of aliphatic hydroxyl groups excluding tert-OH is 3. The highest BCUT2D eigenvalue weighted by atomic mass is 32.2. The number of nitrogens with two attached hydrogens (primary N) is 1. The number of hydrogen-bond acceptors (Lipinski definition) is 8. The van der Waals surface area contributed by atoms with E-state index in [2.05, 4.69) is 20.7 Å². The van der Waals surface area contributed by atoms with Gasteiger partial charge in [-0.15, -0.1) is 11.3 Å². The molecule has 0 saturated heterocycles. The van der Waals surface area contributed by atoms with E-state index in [0.717, 1.165) is 36.3 Å². The average molecular weight is 483 g/mol. The molecule has 4 rings (SSSR count). The predicted molar refractivity (Wildman–Crippen MR) is 124 cm³/mol. The lowest BCUT2D eigenvalue weighted by Crippen LogP contribution is -2.34. The van der Waals surface area contributed by atoms with Crippen molar-refractivity contribution in [3.8, 4) is 0 Å². The molecule has 0 spiro atoms. The zero-order chi connectivity index (χ0) is 23.3. The van der Waals surface area contributed by atoms with Crippen LogP contribution in [0.2, 0.25) is 0 Å². The number of nitrogens with zero attached hydrogens (tertiary/aromatic N) is 2. The molecular formula is C21H30N4O5S2.